The van der Waals surface area contributed by atoms with Gasteiger partial charge >= 0.3 is 0 Å². The average molecular weight is 492 g/mol. The molecule has 1 aliphatic heterocycles. The zero-order valence-electron chi connectivity index (χ0n) is 19.5. The summed E-state index contributed by atoms with van der Waals surface area (Å²) in [6.07, 6.45) is 1.01. The third kappa shape index (κ3) is 6.12. The molecule has 0 spiro atoms. The number of anilines is 1. The van der Waals surface area contributed by atoms with Crippen molar-refractivity contribution >= 4 is 27.5 Å². The quantitative estimate of drug-likeness (QED) is 0.591. The lowest BCUT2D eigenvalue weighted by molar-refractivity contribution is -0.130. The van der Waals surface area contributed by atoms with E-state index in [0.29, 0.717) is 24.3 Å². The Labute approximate surface area is 199 Å². The van der Waals surface area contributed by atoms with Gasteiger partial charge < -0.3 is 15.4 Å². The summed E-state index contributed by atoms with van der Waals surface area (Å²) >= 11 is 0. The number of nitrogens with zero attached hydrogens (tertiary/aromatic N) is 1. The Morgan fingerprint density at radius 3 is 2.32 bits per heavy atom. The number of halogens is 1. The number of carbonyl (C=O) groups is 2. The minimum atomic E-state index is -3.86. The van der Waals surface area contributed by atoms with Gasteiger partial charge in [0, 0.05) is 18.8 Å². The molecule has 1 aliphatic rings. The largest absolute Gasteiger partial charge is 0.497 e. The molecule has 2 aromatic rings. The average Bonchev–Trinajstić information content (AvgIpc) is 2.83. The van der Waals surface area contributed by atoms with Crippen LogP contribution in [0.15, 0.2) is 53.4 Å². The van der Waals surface area contributed by atoms with Crippen molar-refractivity contribution in [2.75, 3.05) is 25.5 Å². The van der Waals surface area contributed by atoms with E-state index in [9.17, 15) is 22.4 Å². The fraction of sp³-hybridized carbons (Fsp3) is 0.417. The van der Waals surface area contributed by atoms with Crippen LogP contribution < -0.4 is 15.4 Å². The van der Waals surface area contributed by atoms with E-state index >= 15 is 0 Å². The van der Waals surface area contributed by atoms with Crippen LogP contribution in [0.3, 0.4) is 0 Å². The van der Waals surface area contributed by atoms with Gasteiger partial charge in [0.2, 0.25) is 21.8 Å². The second-order valence-electron chi connectivity index (χ2n) is 8.60. The van der Waals surface area contributed by atoms with Crippen molar-refractivity contribution in [1.29, 1.82) is 0 Å². The number of rotatable bonds is 8. The Morgan fingerprint density at radius 2 is 1.74 bits per heavy atom. The number of ether oxygens (including phenoxy) is 1. The first-order valence-corrected chi connectivity index (χ1v) is 12.6. The second kappa shape index (κ2) is 11.0. The Morgan fingerprint density at radius 1 is 1.09 bits per heavy atom. The predicted octanol–water partition coefficient (Wildman–Crippen LogP) is 3.01. The first kappa shape index (κ1) is 25.6. The fourth-order valence-electron chi connectivity index (χ4n) is 3.83. The van der Waals surface area contributed by atoms with Crippen molar-refractivity contribution in [1.82, 2.24) is 9.62 Å². The SMILES string of the molecule is COc1ccc(NC(=O)[C@H](NC(=O)C2CCCN(S(=O)(=O)c3ccc(F)cc3)C2)C(C)C)cc1. The van der Waals surface area contributed by atoms with Crippen LogP contribution in [0, 0.1) is 17.7 Å². The summed E-state index contributed by atoms with van der Waals surface area (Å²) < 4.78 is 45.5. The van der Waals surface area contributed by atoms with Gasteiger partial charge in [-0.05, 0) is 67.3 Å². The van der Waals surface area contributed by atoms with Crippen LogP contribution in [-0.4, -0.2) is 50.8 Å². The summed E-state index contributed by atoms with van der Waals surface area (Å²) in [5.41, 5.74) is 0.569. The van der Waals surface area contributed by atoms with Crippen LogP contribution in [0.2, 0.25) is 0 Å². The molecule has 10 heteroatoms. The monoisotopic (exact) mass is 491 g/mol. The van der Waals surface area contributed by atoms with Crippen LogP contribution in [0.25, 0.3) is 0 Å². The van der Waals surface area contributed by atoms with E-state index in [4.69, 9.17) is 4.74 Å². The van der Waals surface area contributed by atoms with Crippen LogP contribution in [0.1, 0.15) is 26.7 Å². The number of methoxy groups -OCH3 is 1. The van der Waals surface area contributed by atoms with E-state index in [0.717, 1.165) is 12.1 Å². The lowest BCUT2D eigenvalue weighted by atomic mass is 9.96. The smallest absolute Gasteiger partial charge is 0.247 e. The van der Waals surface area contributed by atoms with Crippen molar-refractivity contribution in [2.45, 2.75) is 37.6 Å². The molecule has 8 nitrogen and oxygen atoms in total. The summed E-state index contributed by atoms with van der Waals surface area (Å²) in [5.74, 6) is -1.39. The van der Waals surface area contributed by atoms with Crippen LogP contribution in [0.5, 0.6) is 5.75 Å². The Balaban J connectivity index is 1.66. The van der Waals surface area contributed by atoms with Crippen molar-refractivity contribution < 1.29 is 27.1 Å². The zero-order chi connectivity index (χ0) is 24.9. The van der Waals surface area contributed by atoms with E-state index in [1.165, 1.54) is 16.4 Å². The Kier molecular flexibility index (Phi) is 8.27. The molecule has 3 rings (SSSR count). The standard InChI is InChI=1S/C24H30FN3O5S/c1-16(2)22(24(30)26-19-8-10-20(33-3)11-9-19)27-23(29)17-5-4-14-28(15-17)34(31,32)21-12-6-18(25)7-13-21/h6-13,16-17,22H,4-5,14-15H2,1-3H3,(H,26,30)(H,27,29)/t17?,22-/m1/s1. The van der Waals surface area contributed by atoms with Gasteiger partial charge in [-0.1, -0.05) is 13.8 Å². The highest BCUT2D eigenvalue weighted by Crippen LogP contribution is 2.24. The maximum atomic E-state index is 13.2. The normalized spacial score (nSPS) is 17.7. The molecular formula is C24H30FN3O5S. The molecule has 1 fully saturated rings. The van der Waals surface area contributed by atoms with Crippen LogP contribution >= 0.6 is 0 Å². The molecule has 1 unspecified atom stereocenters. The minimum absolute atomic E-state index is 0.00351. The fourth-order valence-corrected chi connectivity index (χ4v) is 5.35. The molecule has 0 saturated carbocycles. The lowest BCUT2D eigenvalue weighted by Gasteiger charge is -2.32. The molecule has 1 saturated heterocycles. The molecule has 184 valence electrons. The number of carbonyl (C=O) groups excluding carboxylic acids is 2. The summed E-state index contributed by atoms with van der Waals surface area (Å²) in [4.78, 5) is 25.9. The molecule has 0 bridgehead atoms. The number of piperidine rings is 1. The van der Waals surface area contributed by atoms with E-state index in [2.05, 4.69) is 10.6 Å². The van der Waals surface area contributed by atoms with E-state index < -0.39 is 27.8 Å². The minimum Gasteiger partial charge on any atom is -0.497 e. The number of nitrogens with one attached hydrogen (secondary N) is 2. The molecule has 0 aromatic heterocycles. The molecule has 2 amide bonds. The molecule has 0 aliphatic carbocycles. The van der Waals surface area contributed by atoms with Gasteiger partial charge in [-0.3, -0.25) is 9.59 Å². The number of sulfonamides is 1. The van der Waals surface area contributed by atoms with Gasteiger partial charge in [0.05, 0.1) is 17.9 Å². The maximum absolute atomic E-state index is 13.2. The maximum Gasteiger partial charge on any atom is 0.247 e. The predicted molar refractivity (Wildman–Crippen MR) is 126 cm³/mol. The molecular weight excluding hydrogens is 461 g/mol. The van der Waals surface area contributed by atoms with Crippen molar-refractivity contribution in [3.05, 3.63) is 54.3 Å². The third-order valence-corrected chi connectivity index (χ3v) is 7.69. The van der Waals surface area contributed by atoms with Gasteiger partial charge in [0.15, 0.2) is 0 Å². The third-order valence-electron chi connectivity index (χ3n) is 5.81. The van der Waals surface area contributed by atoms with Gasteiger partial charge in [0.25, 0.3) is 0 Å². The summed E-state index contributed by atoms with van der Waals surface area (Å²) in [5, 5.41) is 5.60. The lowest BCUT2D eigenvalue weighted by Crippen LogP contribution is -2.52. The molecule has 0 radical (unpaired) electrons. The van der Waals surface area contributed by atoms with Gasteiger partial charge in [-0.2, -0.15) is 4.31 Å². The van der Waals surface area contributed by atoms with E-state index in [-0.39, 0.29) is 35.7 Å². The number of benzene rings is 2. The van der Waals surface area contributed by atoms with Gasteiger partial charge in [-0.15, -0.1) is 0 Å². The van der Waals surface area contributed by atoms with Gasteiger partial charge in [-0.25, -0.2) is 12.8 Å². The summed E-state index contributed by atoms with van der Waals surface area (Å²) in [6.45, 7) is 3.92. The molecule has 1 heterocycles. The Bertz CT molecular complexity index is 1100. The van der Waals surface area contributed by atoms with Crippen molar-refractivity contribution in [2.24, 2.45) is 11.8 Å². The topological polar surface area (TPSA) is 105 Å². The number of amides is 2. The first-order chi connectivity index (χ1) is 16.1. The molecule has 2 aromatic carbocycles. The number of hydrogen-bond donors (Lipinski definition) is 2. The zero-order valence-corrected chi connectivity index (χ0v) is 20.3. The summed E-state index contributed by atoms with van der Waals surface area (Å²) in [7, 11) is -2.30. The highest BCUT2D eigenvalue weighted by atomic mass is 32.2. The molecule has 34 heavy (non-hydrogen) atoms. The highest BCUT2D eigenvalue weighted by molar-refractivity contribution is 7.89. The van der Waals surface area contributed by atoms with E-state index in [1.807, 2.05) is 13.8 Å². The van der Waals surface area contributed by atoms with Crippen molar-refractivity contribution in [3.63, 3.8) is 0 Å². The second-order valence-corrected chi connectivity index (χ2v) is 10.5. The van der Waals surface area contributed by atoms with Crippen LogP contribution in [-0.2, 0) is 19.6 Å². The van der Waals surface area contributed by atoms with Gasteiger partial charge in [0.1, 0.15) is 17.6 Å². The first-order valence-electron chi connectivity index (χ1n) is 11.1. The molecule has 2 atom stereocenters. The van der Waals surface area contributed by atoms with Crippen molar-refractivity contribution in [3.8, 4) is 5.75 Å². The van der Waals surface area contributed by atoms with Crippen LogP contribution in [0.4, 0.5) is 10.1 Å². The Hall–Kier alpha value is -2.98. The van der Waals surface area contributed by atoms with E-state index in [1.54, 1.807) is 31.4 Å². The number of hydrogen-bond acceptors (Lipinski definition) is 5. The highest BCUT2D eigenvalue weighted by Gasteiger charge is 2.35. The summed E-state index contributed by atoms with van der Waals surface area (Å²) in [6, 6.07) is 10.7. The molecule has 2 N–H and O–H groups in total.